The predicted molar refractivity (Wildman–Crippen MR) is 119 cm³/mol. The number of imidazole rings is 1. The zero-order chi connectivity index (χ0) is 21.3. The SMILES string of the molecule is CC(C)C(=O)Nc1ccc(S(=O)(=O)Nc2ccccc2-c2cn3c(n2)SCC3)cc1. The Bertz CT molecular complexity index is 1160. The van der Waals surface area contributed by atoms with Crippen molar-refractivity contribution < 1.29 is 13.2 Å². The zero-order valence-corrected chi connectivity index (χ0v) is 18.3. The standard InChI is InChI=1S/C21H22N4O3S2/c1-14(2)20(26)22-15-7-9-16(10-8-15)30(27,28)24-18-6-4-3-5-17(18)19-13-25-11-12-29-21(25)23-19/h3-10,13-14,24H,11-12H2,1-2H3,(H,22,26). The van der Waals surface area contributed by atoms with Crippen LogP contribution in [-0.2, 0) is 21.4 Å². The van der Waals surface area contributed by atoms with Gasteiger partial charge in [-0.1, -0.05) is 43.8 Å². The fraction of sp³-hybridized carbons (Fsp3) is 0.238. The molecule has 3 aromatic rings. The molecule has 0 bridgehead atoms. The first kappa shape index (κ1) is 20.5. The van der Waals surface area contributed by atoms with Gasteiger partial charge in [0.1, 0.15) is 0 Å². The maximum atomic E-state index is 12.9. The van der Waals surface area contributed by atoms with Crippen molar-refractivity contribution in [2.75, 3.05) is 15.8 Å². The van der Waals surface area contributed by atoms with Gasteiger partial charge >= 0.3 is 0 Å². The summed E-state index contributed by atoms with van der Waals surface area (Å²) in [5.74, 6) is 0.724. The van der Waals surface area contributed by atoms with Gasteiger partial charge in [-0.2, -0.15) is 0 Å². The highest BCUT2D eigenvalue weighted by Crippen LogP contribution is 2.33. The second-order valence-electron chi connectivity index (χ2n) is 7.27. The Labute approximate surface area is 180 Å². The number of carbonyl (C=O) groups is 1. The van der Waals surface area contributed by atoms with Gasteiger partial charge < -0.3 is 9.88 Å². The lowest BCUT2D eigenvalue weighted by atomic mass is 10.1. The molecule has 0 saturated carbocycles. The summed E-state index contributed by atoms with van der Waals surface area (Å²) in [6.45, 7) is 4.49. The molecule has 0 unspecified atom stereocenters. The second-order valence-corrected chi connectivity index (χ2v) is 10.0. The fourth-order valence-corrected chi connectivity index (χ4v) is 5.07. The number of para-hydroxylation sites is 1. The molecule has 1 amide bonds. The number of nitrogens with one attached hydrogen (secondary N) is 2. The molecule has 0 radical (unpaired) electrons. The lowest BCUT2D eigenvalue weighted by Gasteiger charge is -2.12. The van der Waals surface area contributed by atoms with Gasteiger partial charge in [-0.3, -0.25) is 9.52 Å². The lowest BCUT2D eigenvalue weighted by Crippen LogP contribution is -2.18. The molecule has 4 rings (SSSR count). The highest BCUT2D eigenvalue weighted by Gasteiger charge is 2.20. The third-order valence-corrected chi connectivity index (χ3v) is 7.06. The van der Waals surface area contributed by atoms with Crippen LogP contribution in [0.4, 0.5) is 11.4 Å². The second kappa shape index (κ2) is 8.16. The van der Waals surface area contributed by atoms with Crippen LogP contribution >= 0.6 is 11.8 Å². The van der Waals surface area contributed by atoms with Gasteiger partial charge in [0.25, 0.3) is 10.0 Å². The minimum atomic E-state index is -3.80. The molecule has 1 aliphatic rings. The van der Waals surface area contributed by atoms with Gasteiger partial charge in [-0.05, 0) is 30.3 Å². The highest BCUT2D eigenvalue weighted by molar-refractivity contribution is 7.99. The monoisotopic (exact) mass is 442 g/mol. The first-order valence-electron chi connectivity index (χ1n) is 9.56. The number of hydrogen-bond acceptors (Lipinski definition) is 5. The number of sulfonamides is 1. The highest BCUT2D eigenvalue weighted by atomic mass is 32.2. The first-order valence-corrected chi connectivity index (χ1v) is 12.0. The molecule has 0 fully saturated rings. The van der Waals surface area contributed by atoms with E-state index in [1.165, 1.54) is 12.1 Å². The van der Waals surface area contributed by atoms with Crippen LogP contribution in [-0.4, -0.2) is 29.6 Å². The van der Waals surface area contributed by atoms with E-state index in [-0.39, 0.29) is 16.7 Å². The Balaban J connectivity index is 1.57. The summed E-state index contributed by atoms with van der Waals surface area (Å²) in [7, 11) is -3.80. The summed E-state index contributed by atoms with van der Waals surface area (Å²) in [6.07, 6.45) is 1.95. The fourth-order valence-electron chi connectivity index (χ4n) is 3.04. The average Bonchev–Trinajstić information content (AvgIpc) is 3.30. The molecule has 9 heteroatoms. The number of hydrogen-bond donors (Lipinski definition) is 2. The van der Waals surface area contributed by atoms with Crippen molar-refractivity contribution in [1.82, 2.24) is 9.55 Å². The number of aromatic nitrogens is 2. The molecule has 7 nitrogen and oxygen atoms in total. The van der Waals surface area contributed by atoms with Crippen LogP contribution in [0.3, 0.4) is 0 Å². The van der Waals surface area contributed by atoms with Crippen LogP contribution < -0.4 is 10.0 Å². The van der Waals surface area contributed by atoms with Crippen LogP contribution in [0.25, 0.3) is 11.3 Å². The number of benzene rings is 2. The van der Waals surface area contributed by atoms with E-state index in [0.29, 0.717) is 11.4 Å². The molecule has 1 aromatic heterocycles. The molecule has 0 saturated heterocycles. The van der Waals surface area contributed by atoms with E-state index < -0.39 is 10.0 Å². The summed E-state index contributed by atoms with van der Waals surface area (Å²) in [6, 6.07) is 13.3. The Kier molecular flexibility index (Phi) is 5.57. The summed E-state index contributed by atoms with van der Waals surface area (Å²) in [5, 5.41) is 3.70. The van der Waals surface area contributed by atoms with Crippen molar-refractivity contribution in [2.24, 2.45) is 5.92 Å². The molecular weight excluding hydrogens is 420 g/mol. The molecule has 0 spiro atoms. The molecule has 30 heavy (non-hydrogen) atoms. The van der Waals surface area contributed by atoms with Gasteiger partial charge in [-0.15, -0.1) is 0 Å². The number of rotatable bonds is 6. The first-order chi connectivity index (χ1) is 14.3. The lowest BCUT2D eigenvalue weighted by molar-refractivity contribution is -0.118. The van der Waals surface area contributed by atoms with E-state index in [1.54, 1.807) is 49.9 Å². The number of nitrogens with zero attached hydrogens (tertiary/aromatic N) is 2. The van der Waals surface area contributed by atoms with Crippen molar-refractivity contribution >= 4 is 39.1 Å². The van der Waals surface area contributed by atoms with Crippen molar-refractivity contribution in [1.29, 1.82) is 0 Å². The minimum absolute atomic E-state index is 0.114. The van der Waals surface area contributed by atoms with Gasteiger partial charge in [0.15, 0.2) is 5.16 Å². The van der Waals surface area contributed by atoms with Crippen molar-refractivity contribution in [2.45, 2.75) is 30.4 Å². The van der Waals surface area contributed by atoms with E-state index in [0.717, 1.165) is 28.7 Å². The number of carbonyl (C=O) groups excluding carboxylic acids is 1. The van der Waals surface area contributed by atoms with Crippen LogP contribution in [0.5, 0.6) is 0 Å². The third-order valence-electron chi connectivity index (χ3n) is 4.71. The van der Waals surface area contributed by atoms with E-state index in [9.17, 15) is 13.2 Å². The number of fused-ring (bicyclic) bond motifs is 1. The molecule has 0 aliphatic carbocycles. The Morgan fingerprint density at radius 2 is 1.87 bits per heavy atom. The topological polar surface area (TPSA) is 93.1 Å². The molecule has 2 heterocycles. The summed E-state index contributed by atoms with van der Waals surface area (Å²) < 4.78 is 30.6. The van der Waals surface area contributed by atoms with Crippen LogP contribution in [0.15, 0.2) is 64.8 Å². The van der Waals surface area contributed by atoms with Crippen LogP contribution in [0, 0.1) is 5.92 Å². The Morgan fingerprint density at radius 1 is 1.13 bits per heavy atom. The summed E-state index contributed by atoms with van der Waals surface area (Å²) in [5.41, 5.74) is 2.49. The van der Waals surface area contributed by atoms with E-state index in [1.807, 2.05) is 18.3 Å². The molecule has 2 N–H and O–H groups in total. The largest absolute Gasteiger partial charge is 0.326 e. The van der Waals surface area contributed by atoms with Gasteiger partial charge in [0, 0.05) is 35.7 Å². The summed E-state index contributed by atoms with van der Waals surface area (Å²) in [4.78, 5) is 16.6. The Hall–Kier alpha value is -2.78. The minimum Gasteiger partial charge on any atom is -0.326 e. The van der Waals surface area contributed by atoms with Crippen molar-refractivity contribution in [3.8, 4) is 11.3 Å². The van der Waals surface area contributed by atoms with Gasteiger partial charge in [0.2, 0.25) is 5.91 Å². The normalized spacial score (nSPS) is 13.3. The quantitative estimate of drug-likeness (QED) is 0.601. The third kappa shape index (κ3) is 4.22. The molecule has 1 aliphatic heterocycles. The van der Waals surface area contributed by atoms with Crippen LogP contribution in [0.1, 0.15) is 13.8 Å². The number of amides is 1. The predicted octanol–water partition coefficient (Wildman–Crippen LogP) is 4.05. The van der Waals surface area contributed by atoms with E-state index >= 15 is 0 Å². The van der Waals surface area contributed by atoms with Gasteiger partial charge in [0.05, 0.1) is 16.3 Å². The molecular formula is C21H22N4O3S2. The Morgan fingerprint density at radius 3 is 2.57 bits per heavy atom. The van der Waals surface area contributed by atoms with Crippen LogP contribution in [0.2, 0.25) is 0 Å². The molecule has 0 atom stereocenters. The maximum absolute atomic E-state index is 12.9. The van der Waals surface area contributed by atoms with E-state index in [4.69, 9.17) is 0 Å². The maximum Gasteiger partial charge on any atom is 0.261 e. The molecule has 156 valence electrons. The number of anilines is 2. The average molecular weight is 443 g/mol. The number of aryl methyl sites for hydroxylation is 1. The summed E-state index contributed by atoms with van der Waals surface area (Å²) >= 11 is 1.69. The van der Waals surface area contributed by atoms with Crippen molar-refractivity contribution in [3.05, 3.63) is 54.7 Å². The molecule has 2 aromatic carbocycles. The van der Waals surface area contributed by atoms with Crippen molar-refractivity contribution in [3.63, 3.8) is 0 Å². The number of thioether (sulfide) groups is 1. The smallest absolute Gasteiger partial charge is 0.261 e. The van der Waals surface area contributed by atoms with Gasteiger partial charge in [-0.25, -0.2) is 13.4 Å². The zero-order valence-electron chi connectivity index (χ0n) is 16.6. The van der Waals surface area contributed by atoms with E-state index in [2.05, 4.69) is 19.6 Å².